The molecule has 2 aromatic carbocycles. The minimum atomic E-state index is -0.438. The second kappa shape index (κ2) is 7.69. The van der Waals surface area contributed by atoms with Gasteiger partial charge in [0.25, 0.3) is 5.91 Å². The lowest BCUT2D eigenvalue weighted by Crippen LogP contribution is -2.20. The van der Waals surface area contributed by atoms with Crippen molar-refractivity contribution in [2.75, 3.05) is 26.1 Å². The highest BCUT2D eigenvalue weighted by Crippen LogP contribution is 2.35. The molecule has 2 aromatic rings. The van der Waals surface area contributed by atoms with E-state index in [2.05, 4.69) is 5.32 Å². The zero-order chi connectivity index (χ0) is 16.8. The van der Waals surface area contributed by atoms with E-state index in [1.807, 2.05) is 0 Å². The Hall–Kier alpha value is -2.47. The second-order valence-corrected chi connectivity index (χ2v) is 4.89. The van der Waals surface area contributed by atoms with E-state index in [1.165, 1.54) is 38.5 Å². The molecular formula is C16H15ClFNO4. The summed E-state index contributed by atoms with van der Waals surface area (Å²) in [5, 5.41) is 2.94. The molecule has 0 unspecified atom stereocenters. The van der Waals surface area contributed by atoms with Crippen LogP contribution in [0.15, 0.2) is 36.4 Å². The lowest BCUT2D eigenvalue weighted by Gasteiger charge is -2.13. The highest BCUT2D eigenvalue weighted by Gasteiger charge is 2.13. The van der Waals surface area contributed by atoms with Crippen LogP contribution in [0.3, 0.4) is 0 Å². The fraction of sp³-hybridized carbons (Fsp3) is 0.188. The summed E-state index contributed by atoms with van der Waals surface area (Å²) in [6, 6.07) is 8.61. The number of methoxy groups -OCH3 is 2. The van der Waals surface area contributed by atoms with Crippen molar-refractivity contribution in [1.29, 1.82) is 0 Å². The molecule has 0 spiro atoms. The average Bonchev–Trinajstić information content (AvgIpc) is 2.53. The third kappa shape index (κ3) is 4.50. The molecule has 0 atom stereocenters. The van der Waals surface area contributed by atoms with E-state index in [0.29, 0.717) is 22.2 Å². The first-order valence-electron chi connectivity index (χ1n) is 6.63. The highest BCUT2D eigenvalue weighted by atomic mass is 35.5. The molecule has 5 nitrogen and oxygen atoms in total. The van der Waals surface area contributed by atoms with Crippen molar-refractivity contribution in [2.45, 2.75) is 0 Å². The molecular weight excluding hydrogens is 325 g/mol. The molecule has 0 saturated heterocycles. The summed E-state index contributed by atoms with van der Waals surface area (Å²) >= 11 is 6.03. The van der Waals surface area contributed by atoms with Crippen LogP contribution in [0.1, 0.15) is 0 Å². The molecule has 0 fully saturated rings. The molecule has 0 saturated carbocycles. The first-order valence-corrected chi connectivity index (χ1v) is 7.01. The normalized spacial score (nSPS) is 10.1. The van der Waals surface area contributed by atoms with Crippen LogP contribution < -0.4 is 19.5 Å². The van der Waals surface area contributed by atoms with E-state index < -0.39 is 11.7 Å². The minimum Gasteiger partial charge on any atom is -0.495 e. The molecule has 122 valence electrons. The smallest absolute Gasteiger partial charge is 0.262 e. The zero-order valence-corrected chi connectivity index (χ0v) is 13.3. The van der Waals surface area contributed by atoms with Crippen LogP contribution in [-0.2, 0) is 4.79 Å². The molecule has 23 heavy (non-hydrogen) atoms. The van der Waals surface area contributed by atoms with Crippen molar-refractivity contribution in [3.63, 3.8) is 0 Å². The number of anilines is 1. The van der Waals surface area contributed by atoms with E-state index in [9.17, 15) is 9.18 Å². The first kappa shape index (κ1) is 16.9. The standard InChI is InChI=1S/C16H15ClFNO4/c1-21-14-8-15(22-2)13(7-12(14)17)19-16(20)9-23-11-5-3-4-10(18)6-11/h3-8H,9H2,1-2H3,(H,19,20). The first-order chi connectivity index (χ1) is 11.0. The molecule has 0 aliphatic carbocycles. The number of halogens is 2. The van der Waals surface area contributed by atoms with Crippen LogP contribution in [0.5, 0.6) is 17.2 Å². The molecule has 1 N–H and O–H groups in total. The van der Waals surface area contributed by atoms with Crippen LogP contribution in [0.25, 0.3) is 0 Å². The van der Waals surface area contributed by atoms with Gasteiger partial charge in [0.15, 0.2) is 6.61 Å². The molecule has 0 heterocycles. The zero-order valence-electron chi connectivity index (χ0n) is 12.6. The Kier molecular flexibility index (Phi) is 5.65. The van der Waals surface area contributed by atoms with E-state index >= 15 is 0 Å². The van der Waals surface area contributed by atoms with Crippen molar-refractivity contribution >= 4 is 23.2 Å². The molecule has 2 rings (SSSR count). The van der Waals surface area contributed by atoms with Crippen molar-refractivity contribution in [2.24, 2.45) is 0 Å². The monoisotopic (exact) mass is 339 g/mol. The summed E-state index contributed by atoms with van der Waals surface area (Å²) in [5.41, 5.74) is 0.381. The fourth-order valence-corrected chi connectivity index (χ4v) is 2.09. The lowest BCUT2D eigenvalue weighted by atomic mass is 10.2. The number of ether oxygens (including phenoxy) is 3. The van der Waals surface area contributed by atoms with Crippen LogP contribution in [0.4, 0.5) is 10.1 Å². The van der Waals surface area contributed by atoms with E-state index in [-0.39, 0.29) is 12.4 Å². The third-order valence-electron chi connectivity index (χ3n) is 2.91. The maximum absolute atomic E-state index is 13.0. The summed E-state index contributed by atoms with van der Waals surface area (Å²) in [4.78, 5) is 11.9. The molecule has 0 aromatic heterocycles. The van der Waals surface area contributed by atoms with Gasteiger partial charge in [0.05, 0.1) is 24.9 Å². The fourth-order valence-electron chi connectivity index (χ4n) is 1.85. The third-order valence-corrected chi connectivity index (χ3v) is 3.21. The number of benzene rings is 2. The molecule has 7 heteroatoms. The predicted octanol–water partition coefficient (Wildman–Crippen LogP) is 3.51. The van der Waals surface area contributed by atoms with Gasteiger partial charge in [-0.25, -0.2) is 4.39 Å². The van der Waals surface area contributed by atoms with Crippen molar-refractivity contribution in [3.05, 3.63) is 47.2 Å². The molecule has 0 bridgehead atoms. The summed E-state index contributed by atoms with van der Waals surface area (Å²) in [6.45, 7) is -0.281. The van der Waals surface area contributed by atoms with E-state index in [4.69, 9.17) is 25.8 Å². The Bertz CT molecular complexity index is 708. The van der Waals surface area contributed by atoms with Gasteiger partial charge in [-0.3, -0.25) is 4.79 Å². The Morgan fingerprint density at radius 1 is 1.17 bits per heavy atom. The maximum atomic E-state index is 13.0. The quantitative estimate of drug-likeness (QED) is 0.875. The van der Waals surface area contributed by atoms with Crippen molar-refractivity contribution < 1.29 is 23.4 Å². The Balaban J connectivity index is 2.03. The largest absolute Gasteiger partial charge is 0.495 e. The van der Waals surface area contributed by atoms with Gasteiger partial charge in [0.1, 0.15) is 23.1 Å². The van der Waals surface area contributed by atoms with Crippen LogP contribution >= 0.6 is 11.6 Å². The number of carbonyl (C=O) groups is 1. The van der Waals surface area contributed by atoms with Gasteiger partial charge in [0.2, 0.25) is 0 Å². The van der Waals surface area contributed by atoms with Gasteiger partial charge in [-0.1, -0.05) is 17.7 Å². The number of hydrogen-bond donors (Lipinski definition) is 1. The molecule has 1 amide bonds. The summed E-state index contributed by atoms with van der Waals surface area (Å²) < 4.78 is 28.5. The van der Waals surface area contributed by atoms with Gasteiger partial charge in [-0.2, -0.15) is 0 Å². The number of rotatable bonds is 6. The molecule has 0 radical (unpaired) electrons. The van der Waals surface area contributed by atoms with Crippen LogP contribution in [-0.4, -0.2) is 26.7 Å². The number of carbonyl (C=O) groups excluding carboxylic acids is 1. The number of amides is 1. The molecule has 0 aliphatic heterocycles. The van der Waals surface area contributed by atoms with Gasteiger partial charge in [-0.15, -0.1) is 0 Å². The number of hydrogen-bond acceptors (Lipinski definition) is 4. The Morgan fingerprint density at radius 3 is 2.57 bits per heavy atom. The van der Waals surface area contributed by atoms with Gasteiger partial charge in [-0.05, 0) is 18.2 Å². The van der Waals surface area contributed by atoms with Gasteiger partial charge >= 0.3 is 0 Å². The van der Waals surface area contributed by atoms with Gasteiger partial charge in [0, 0.05) is 12.1 Å². The minimum absolute atomic E-state index is 0.264. The maximum Gasteiger partial charge on any atom is 0.262 e. The molecule has 0 aliphatic rings. The van der Waals surface area contributed by atoms with E-state index in [1.54, 1.807) is 12.1 Å². The Morgan fingerprint density at radius 2 is 1.91 bits per heavy atom. The summed E-state index contributed by atoms with van der Waals surface area (Å²) in [6.07, 6.45) is 0. The Labute approximate surface area is 137 Å². The summed E-state index contributed by atoms with van der Waals surface area (Å²) in [5.74, 6) is 0.211. The summed E-state index contributed by atoms with van der Waals surface area (Å²) in [7, 11) is 2.94. The van der Waals surface area contributed by atoms with Crippen LogP contribution in [0.2, 0.25) is 5.02 Å². The van der Waals surface area contributed by atoms with Crippen LogP contribution in [0, 0.1) is 5.82 Å². The SMILES string of the molecule is COc1cc(OC)c(NC(=O)COc2cccc(F)c2)cc1Cl. The highest BCUT2D eigenvalue weighted by molar-refractivity contribution is 6.32. The van der Waals surface area contributed by atoms with E-state index in [0.717, 1.165) is 0 Å². The predicted molar refractivity (Wildman–Crippen MR) is 85.1 cm³/mol. The lowest BCUT2D eigenvalue weighted by molar-refractivity contribution is -0.118. The van der Waals surface area contributed by atoms with Gasteiger partial charge < -0.3 is 19.5 Å². The van der Waals surface area contributed by atoms with Crippen molar-refractivity contribution in [1.82, 2.24) is 0 Å². The second-order valence-electron chi connectivity index (χ2n) is 4.48. The number of nitrogens with one attached hydrogen (secondary N) is 1. The van der Waals surface area contributed by atoms with Crippen molar-refractivity contribution in [3.8, 4) is 17.2 Å². The topological polar surface area (TPSA) is 56.8 Å². The average molecular weight is 340 g/mol.